The lowest BCUT2D eigenvalue weighted by molar-refractivity contribution is 0.478. The summed E-state index contributed by atoms with van der Waals surface area (Å²) in [7, 11) is 0. The van der Waals surface area contributed by atoms with Gasteiger partial charge in [0.25, 0.3) is 5.89 Å². The summed E-state index contributed by atoms with van der Waals surface area (Å²) in [6.45, 7) is 3.88. The van der Waals surface area contributed by atoms with Gasteiger partial charge in [0.1, 0.15) is 5.82 Å². The predicted molar refractivity (Wildman–Crippen MR) is 61.5 cm³/mol. The summed E-state index contributed by atoms with van der Waals surface area (Å²) in [5.74, 6) is 0.485. The molecule has 2 aromatic rings. The average molecular weight is 285 g/mol. The minimum absolute atomic E-state index is 0.139. The number of hydrogen-bond donors (Lipinski definition) is 0. The first-order valence-corrected chi connectivity index (χ1v) is 5.66. The number of rotatable bonds is 2. The maximum Gasteiger partial charge on any atom is 0.250 e. The van der Waals surface area contributed by atoms with Gasteiger partial charge in [-0.05, 0) is 18.2 Å². The van der Waals surface area contributed by atoms with Gasteiger partial charge in [-0.15, -0.1) is 10.2 Å². The smallest absolute Gasteiger partial charge is 0.250 e. The van der Waals surface area contributed by atoms with Crippen molar-refractivity contribution in [1.82, 2.24) is 10.2 Å². The molecule has 0 spiro atoms. The van der Waals surface area contributed by atoms with E-state index in [0.29, 0.717) is 15.9 Å². The van der Waals surface area contributed by atoms with Crippen molar-refractivity contribution in [1.29, 1.82) is 0 Å². The van der Waals surface area contributed by atoms with Crippen molar-refractivity contribution in [3.63, 3.8) is 0 Å². The molecule has 3 nitrogen and oxygen atoms in total. The summed E-state index contributed by atoms with van der Waals surface area (Å²) >= 11 is 3.19. The fourth-order valence-electron chi connectivity index (χ4n) is 1.24. The van der Waals surface area contributed by atoms with Crippen LogP contribution < -0.4 is 0 Å². The van der Waals surface area contributed by atoms with Crippen LogP contribution in [-0.4, -0.2) is 10.2 Å². The Bertz CT molecular complexity index is 510. The van der Waals surface area contributed by atoms with Crippen molar-refractivity contribution in [2.45, 2.75) is 19.8 Å². The van der Waals surface area contributed by atoms with Crippen LogP contribution >= 0.6 is 15.9 Å². The molecule has 1 heterocycles. The SMILES string of the molecule is CC(C)c1nnc(-c2ccc(Br)cc2F)o1. The summed E-state index contributed by atoms with van der Waals surface area (Å²) in [4.78, 5) is 0. The Morgan fingerprint density at radius 1 is 1.31 bits per heavy atom. The Kier molecular flexibility index (Phi) is 3.05. The zero-order valence-corrected chi connectivity index (χ0v) is 10.5. The first kappa shape index (κ1) is 11.3. The minimum atomic E-state index is -0.381. The first-order valence-electron chi connectivity index (χ1n) is 4.86. The Morgan fingerprint density at radius 2 is 2.06 bits per heavy atom. The van der Waals surface area contributed by atoms with Gasteiger partial charge in [0.15, 0.2) is 0 Å². The molecule has 0 saturated heterocycles. The van der Waals surface area contributed by atoms with Crippen LogP contribution in [0.15, 0.2) is 27.1 Å². The van der Waals surface area contributed by atoms with E-state index in [1.165, 1.54) is 6.07 Å². The molecule has 1 aromatic heterocycles. The lowest BCUT2D eigenvalue weighted by Crippen LogP contribution is -1.85. The number of benzene rings is 1. The van der Waals surface area contributed by atoms with Crippen molar-refractivity contribution in [3.8, 4) is 11.5 Å². The molecule has 0 N–H and O–H groups in total. The van der Waals surface area contributed by atoms with Gasteiger partial charge in [0.2, 0.25) is 5.89 Å². The van der Waals surface area contributed by atoms with Crippen molar-refractivity contribution in [3.05, 3.63) is 34.4 Å². The molecule has 2 rings (SSSR count). The number of nitrogens with zero attached hydrogens (tertiary/aromatic N) is 2. The summed E-state index contributed by atoms with van der Waals surface area (Å²) < 4.78 is 19.6. The molecule has 1 aromatic carbocycles. The van der Waals surface area contributed by atoms with E-state index in [4.69, 9.17) is 4.42 Å². The van der Waals surface area contributed by atoms with Gasteiger partial charge in [-0.25, -0.2) is 4.39 Å². The highest BCUT2D eigenvalue weighted by Crippen LogP contribution is 2.25. The molecule has 0 aliphatic rings. The highest BCUT2D eigenvalue weighted by molar-refractivity contribution is 9.10. The van der Waals surface area contributed by atoms with Gasteiger partial charge < -0.3 is 4.42 Å². The number of hydrogen-bond acceptors (Lipinski definition) is 3. The van der Waals surface area contributed by atoms with Gasteiger partial charge >= 0.3 is 0 Å². The Balaban J connectivity index is 2.42. The van der Waals surface area contributed by atoms with E-state index in [-0.39, 0.29) is 17.6 Å². The number of aromatic nitrogens is 2. The van der Waals surface area contributed by atoms with Crippen molar-refractivity contribution in [2.24, 2.45) is 0 Å². The average Bonchev–Trinajstić information content (AvgIpc) is 2.66. The van der Waals surface area contributed by atoms with E-state index in [9.17, 15) is 4.39 Å². The van der Waals surface area contributed by atoms with Gasteiger partial charge in [-0.2, -0.15) is 0 Å². The molecule has 0 amide bonds. The van der Waals surface area contributed by atoms with Crippen LogP contribution in [0.2, 0.25) is 0 Å². The highest BCUT2D eigenvalue weighted by Gasteiger charge is 2.14. The van der Waals surface area contributed by atoms with Crippen LogP contribution in [0.1, 0.15) is 25.7 Å². The lowest BCUT2D eigenvalue weighted by atomic mass is 10.2. The third-order valence-electron chi connectivity index (χ3n) is 2.10. The Morgan fingerprint density at radius 3 is 2.62 bits per heavy atom. The fraction of sp³-hybridized carbons (Fsp3) is 0.273. The van der Waals surface area contributed by atoms with Gasteiger partial charge in [0.05, 0.1) is 5.56 Å². The largest absolute Gasteiger partial charge is 0.420 e. The second-order valence-electron chi connectivity index (χ2n) is 3.72. The van der Waals surface area contributed by atoms with Gasteiger partial charge in [-0.3, -0.25) is 0 Å². The third kappa shape index (κ3) is 2.14. The van der Waals surface area contributed by atoms with Crippen LogP contribution in [-0.2, 0) is 0 Å². The van der Waals surface area contributed by atoms with E-state index < -0.39 is 0 Å². The third-order valence-corrected chi connectivity index (χ3v) is 2.59. The minimum Gasteiger partial charge on any atom is -0.420 e. The molecule has 0 aliphatic heterocycles. The van der Waals surface area contributed by atoms with Crippen molar-refractivity contribution >= 4 is 15.9 Å². The first-order chi connectivity index (χ1) is 7.58. The molecule has 0 atom stereocenters. The highest BCUT2D eigenvalue weighted by atomic mass is 79.9. The van der Waals surface area contributed by atoms with Crippen LogP contribution in [0.3, 0.4) is 0 Å². The van der Waals surface area contributed by atoms with Crippen LogP contribution in [0.5, 0.6) is 0 Å². The summed E-state index contributed by atoms with van der Waals surface area (Å²) in [6, 6.07) is 4.71. The maximum atomic E-state index is 13.6. The molecule has 84 valence electrons. The standard InChI is InChI=1S/C11H10BrFN2O/c1-6(2)10-14-15-11(16-10)8-4-3-7(12)5-9(8)13/h3-6H,1-2H3. The maximum absolute atomic E-state index is 13.6. The molecule has 0 bridgehead atoms. The molecule has 0 radical (unpaired) electrons. The molecular formula is C11H10BrFN2O. The molecule has 5 heteroatoms. The van der Waals surface area contributed by atoms with Crippen molar-refractivity contribution in [2.75, 3.05) is 0 Å². The monoisotopic (exact) mass is 284 g/mol. The van der Waals surface area contributed by atoms with E-state index >= 15 is 0 Å². The molecule has 0 aliphatic carbocycles. The topological polar surface area (TPSA) is 38.9 Å². The predicted octanol–water partition coefficient (Wildman–Crippen LogP) is 3.76. The molecular weight excluding hydrogens is 275 g/mol. The molecule has 0 fully saturated rings. The summed E-state index contributed by atoms with van der Waals surface area (Å²) in [5, 5.41) is 7.69. The van der Waals surface area contributed by atoms with E-state index in [1.807, 2.05) is 13.8 Å². The van der Waals surface area contributed by atoms with E-state index in [0.717, 1.165) is 0 Å². The molecule has 0 unspecified atom stereocenters. The molecule has 0 saturated carbocycles. The zero-order valence-electron chi connectivity index (χ0n) is 8.87. The lowest BCUT2D eigenvalue weighted by Gasteiger charge is -1.98. The van der Waals surface area contributed by atoms with Crippen LogP contribution in [0.4, 0.5) is 4.39 Å². The van der Waals surface area contributed by atoms with Crippen LogP contribution in [0, 0.1) is 5.82 Å². The van der Waals surface area contributed by atoms with Crippen LogP contribution in [0.25, 0.3) is 11.5 Å². The summed E-state index contributed by atoms with van der Waals surface area (Å²) in [6.07, 6.45) is 0. The summed E-state index contributed by atoms with van der Waals surface area (Å²) in [5.41, 5.74) is 0.322. The van der Waals surface area contributed by atoms with E-state index in [2.05, 4.69) is 26.1 Å². The normalized spacial score (nSPS) is 11.1. The van der Waals surface area contributed by atoms with E-state index in [1.54, 1.807) is 12.1 Å². The van der Waals surface area contributed by atoms with Crippen molar-refractivity contribution < 1.29 is 8.81 Å². The van der Waals surface area contributed by atoms with Gasteiger partial charge in [-0.1, -0.05) is 29.8 Å². The fourth-order valence-corrected chi connectivity index (χ4v) is 1.57. The zero-order chi connectivity index (χ0) is 11.7. The Labute approximate surface area is 101 Å². The number of halogens is 2. The quantitative estimate of drug-likeness (QED) is 0.843. The molecule has 16 heavy (non-hydrogen) atoms. The second-order valence-corrected chi connectivity index (χ2v) is 4.64. The van der Waals surface area contributed by atoms with Gasteiger partial charge in [0, 0.05) is 10.4 Å². The Hall–Kier alpha value is -1.23. The second kappa shape index (κ2) is 4.33.